The molecule has 0 atom stereocenters. The zero-order chi connectivity index (χ0) is 21.1. The van der Waals surface area contributed by atoms with Crippen molar-refractivity contribution in [3.8, 4) is 11.5 Å². The van der Waals surface area contributed by atoms with E-state index in [2.05, 4.69) is 9.71 Å². The lowest BCUT2D eigenvalue weighted by molar-refractivity contribution is -0.117. The van der Waals surface area contributed by atoms with E-state index < -0.39 is 16.1 Å². The summed E-state index contributed by atoms with van der Waals surface area (Å²) < 4.78 is 40.3. The van der Waals surface area contributed by atoms with Gasteiger partial charge in [-0.15, -0.1) is 4.40 Å². The van der Waals surface area contributed by atoms with Gasteiger partial charge in [-0.1, -0.05) is 36.4 Å². The van der Waals surface area contributed by atoms with Crippen molar-refractivity contribution in [1.29, 1.82) is 0 Å². The van der Waals surface area contributed by atoms with Gasteiger partial charge in [0.25, 0.3) is 5.91 Å². The molecule has 0 fully saturated rings. The number of fused-ring (bicyclic) bond motifs is 1. The average molecular weight is 427 g/mol. The van der Waals surface area contributed by atoms with Crippen molar-refractivity contribution in [3.63, 3.8) is 0 Å². The Morgan fingerprint density at radius 2 is 1.87 bits per heavy atom. The van der Waals surface area contributed by atoms with Crippen molar-refractivity contribution < 1.29 is 22.7 Å². The summed E-state index contributed by atoms with van der Waals surface area (Å²) >= 11 is 0. The summed E-state index contributed by atoms with van der Waals surface area (Å²) in [4.78, 5) is 12.7. The first-order valence-electron chi connectivity index (χ1n) is 9.43. The summed E-state index contributed by atoms with van der Waals surface area (Å²) in [6.07, 6.45) is 1.87. The van der Waals surface area contributed by atoms with Gasteiger partial charge in [0.2, 0.25) is 6.79 Å². The second-order valence-electron chi connectivity index (χ2n) is 6.91. The number of benzene rings is 2. The van der Waals surface area contributed by atoms with Gasteiger partial charge in [0, 0.05) is 19.3 Å². The van der Waals surface area contributed by atoms with Crippen molar-refractivity contribution >= 4 is 21.8 Å². The first-order valence-corrected chi connectivity index (χ1v) is 10.8. The Labute approximate surface area is 175 Å². The van der Waals surface area contributed by atoms with E-state index in [0.717, 1.165) is 15.4 Å². The van der Waals surface area contributed by atoms with Gasteiger partial charge in [0.05, 0.1) is 11.3 Å². The van der Waals surface area contributed by atoms with E-state index in [0.29, 0.717) is 17.9 Å². The second-order valence-corrected chi connectivity index (χ2v) is 8.46. The Morgan fingerprint density at radius 3 is 2.67 bits per heavy atom. The molecule has 4 rings (SSSR count). The number of amides is 1. The molecule has 2 aromatic rings. The quantitative estimate of drug-likeness (QED) is 0.762. The van der Waals surface area contributed by atoms with Gasteiger partial charge in [-0.2, -0.15) is 8.42 Å². The van der Waals surface area contributed by atoms with E-state index in [9.17, 15) is 13.2 Å². The lowest BCUT2D eigenvalue weighted by atomic mass is 10.1. The summed E-state index contributed by atoms with van der Waals surface area (Å²) in [6, 6.07) is 15.0. The van der Waals surface area contributed by atoms with E-state index in [1.54, 1.807) is 12.1 Å². The Hall–Kier alpha value is -3.33. The molecule has 1 N–H and O–H groups in total. The Balaban J connectivity index is 1.45. The number of nitrogens with one attached hydrogen (secondary N) is 1. The van der Waals surface area contributed by atoms with Gasteiger partial charge in [-0.25, -0.2) is 0 Å². The van der Waals surface area contributed by atoms with E-state index >= 15 is 0 Å². The van der Waals surface area contributed by atoms with Crippen LogP contribution < -0.4 is 14.8 Å². The summed E-state index contributed by atoms with van der Waals surface area (Å²) in [5.74, 6) is 0.908. The first-order chi connectivity index (χ1) is 14.4. The predicted octanol–water partition coefficient (Wildman–Crippen LogP) is 2.18. The van der Waals surface area contributed by atoms with E-state index in [1.807, 2.05) is 36.4 Å². The molecule has 0 saturated heterocycles. The molecule has 0 aliphatic carbocycles. The van der Waals surface area contributed by atoms with Crippen LogP contribution in [0.5, 0.6) is 11.5 Å². The predicted molar refractivity (Wildman–Crippen MR) is 111 cm³/mol. The molecular formula is C21H21N3O5S. The minimum atomic E-state index is -3.85. The molecule has 2 aliphatic heterocycles. The fourth-order valence-electron chi connectivity index (χ4n) is 3.19. The highest BCUT2D eigenvalue weighted by molar-refractivity contribution is 7.88. The van der Waals surface area contributed by atoms with Gasteiger partial charge in [0.15, 0.2) is 11.5 Å². The molecule has 0 aromatic heterocycles. The Morgan fingerprint density at radius 1 is 1.10 bits per heavy atom. The third kappa shape index (κ3) is 4.30. The number of carbonyl (C=O) groups excluding carboxylic acids is 1. The van der Waals surface area contributed by atoms with Crippen molar-refractivity contribution in [3.05, 3.63) is 71.4 Å². The molecule has 0 unspecified atom stereocenters. The molecule has 9 heteroatoms. The van der Waals surface area contributed by atoms with E-state index in [4.69, 9.17) is 9.47 Å². The van der Waals surface area contributed by atoms with Crippen LogP contribution in [0.4, 0.5) is 0 Å². The fourth-order valence-corrected chi connectivity index (χ4v) is 4.30. The van der Waals surface area contributed by atoms with Gasteiger partial charge in [-0.3, -0.25) is 9.10 Å². The minimum Gasteiger partial charge on any atom is -0.454 e. The number of ether oxygens (including phenoxy) is 2. The van der Waals surface area contributed by atoms with Crippen molar-refractivity contribution in [2.45, 2.75) is 19.9 Å². The van der Waals surface area contributed by atoms with Gasteiger partial charge in [0.1, 0.15) is 0 Å². The van der Waals surface area contributed by atoms with Crippen LogP contribution in [0, 0.1) is 0 Å². The SMILES string of the molecule is CC1=NS(=O)(=O)N(CCc2ccccc2)C=C1C(=O)NCc1ccc2c(c1)OCO2. The summed E-state index contributed by atoms with van der Waals surface area (Å²) in [7, 11) is -3.85. The maximum Gasteiger partial charge on any atom is 0.344 e. The van der Waals surface area contributed by atoms with Crippen molar-refractivity contribution in [1.82, 2.24) is 9.62 Å². The van der Waals surface area contributed by atoms with Crippen LogP contribution in [-0.4, -0.2) is 37.7 Å². The first kappa shape index (κ1) is 20.0. The molecule has 8 nitrogen and oxygen atoms in total. The maximum atomic E-state index is 12.7. The molecule has 1 amide bonds. The van der Waals surface area contributed by atoms with Crippen LogP contribution in [0.2, 0.25) is 0 Å². The lowest BCUT2D eigenvalue weighted by Gasteiger charge is -2.23. The highest BCUT2D eigenvalue weighted by Crippen LogP contribution is 2.32. The summed E-state index contributed by atoms with van der Waals surface area (Å²) in [5.41, 5.74) is 2.22. The monoisotopic (exact) mass is 427 g/mol. The molecule has 30 heavy (non-hydrogen) atoms. The van der Waals surface area contributed by atoms with Crippen molar-refractivity contribution in [2.24, 2.45) is 4.40 Å². The standard InChI is InChI=1S/C21H21N3O5S/c1-15-18(21(25)22-12-17-7-8-19-20(11-17)29-14-28-19)13-24(30(26,27)23-15)10-9-16-5-3-2-4-6-16/h2-8,11,13H,9-10,12,14H2,1H3,(H,22,25). The topological polar surface area (TPSA) is 97.3 Å². The fraction of sp³-hybridized carbons (Fsp3) is 0.238. The smallest absolute Gasteiger partial charge is 0.344 e. The van der Waals surface area contributed by atoms with Gasteiger partial charge < -0.3 is 14.8 Å². The molecule has 156 valence electrons. The average Bonchev–Trinajstić information content (AvgIpc) is 3.19. The molecule has 0 radical (unpaired) electrons. The molecule has 2 aliphatic rings. The number of hydrogen-bond acceptors (Lipinski definition) is 5. The number of nitrogens with zero attached hydrogens (tertiary/aromatic N) is 2. The molecule has 2 aromatic carbocycles. The Bertz CT molecular complexity index is 1130. The maximum absolute atomic E-state index is 12.7. The largest absolute Gasteiger partial charge is 0.454 e. The number of rotatable bonds is 6. The molecular weight excluding hydrogens is 406 g/mol. The normalized spacial score (nSPS) is 16.6. The highest BCUT2D eigenvalue weighted by atomic mass is 32.2. The van der Waals surface area contributed by atoms with Crippen LogP contribution >= 0.6 is 0 Å². The number of hydrogen-bond donors (Lipinski definition) is 1. The van der Waals surface area contributed by atoms with Gasteiger partial charge >= 0.3 is 10.2 Å². The molecule has 0 spiro atoms. The lowest BCUT2D eigenvalue weighted by Crippen LogP contribution is -2.36. The van der Waals surface area contributed by atoms with Crippen LogP contribution in [0.3, 0.4) is 0 Å². The Kier molecular flexibility index (Phi) is 5.45. The minimum absolute atomic E-state index is 0.161. The van der Waals surface area contributed by atoms with Crippen LogP contribution in [0.25, 0.3) is 0 Å². The summed E-state index contributed by atoms with van der Waals surface area (Å²) in [6.45, 7) is 2.15. The molecule has 2 heterocycles. The van der Waals surface area contributed by atoms with Crippen molar-refractivity contribution in [2.75, 3.05) is 13.3 Å². The number of carbonyl (C=O) groups is 1. The second kappa shape index (κ2) is 8.19. The molecule has 0 saturated carbocycles. The zero-order valence-corrected chi connectivity index (χ0v) is 17.2. The van der Waals surface area contributed by atoms with Gasteiger partial charge in [-0.05, 0) is 36.6 Å². The highest BCUT2D eigenvalue weighted by Gasteiger charge is 2.27. The molecule has 0 bridgehead atoms. The van der Waals surface area contributed by atoms with E-state index in [-0.39, 0.29) is 31.2 Å². The van der Waals surface area contributed by atoms with Crippen LogP contribution in [-0.2, 0) is 28.0 Å². The third-order valence-electron chi connectivity index (χ3n) is 4.81. The van der Waals surface area contributed by atoms with E-state index in [1.165, 1.54) is 13.1 Å². The van der Waals surface area contributed by atoms with Crippen LogP contribution in [0.1, 0.15) is 18.1 Å². The zero-order valence-electron chi connectivity index (χ0n) is 16.4. The third-order valence-corrected chi connectivity index (χ3v) is 6.20. The summed E-state index contributed by atoms with van der Waals surface area (Å²) in [5, 5.41) is 2.81. The van der Waals surface area contributed by atoms with Crippen LogP contribution in [0.15, 0.2) is 64.7 Å².